The number of ether oxygens (including phenoxy) is 3. The van der Waals surface area contributed by atoms with Gasteiger partial charge in [0.2, 0.25) is 0 Å². The molecule has 0 saturated heterocycles. The highest BCUT2D eigenvalue weighted by molar-refractivity contribution is 9.10. The fourth-order valence-corrected chi connectivity index (χ4v) is 4.75. The fourth-order valence-electron chi connectivity index (χ4n) is 4.16. The molecule has 0 bridgehead atoms. The topological polar surface area (TPSA) is 27.7 Å². The highest BCUT2D eigenvalue weighted by Crippen LogP contribution is 2.45. The van der Waals surface area contributed by atoms with Gasteiger partial charge in [0.15, 0.2) is 5.60 Å². The molecule has 5 rings (SSSR count). The molecule has 0 aliphatic carbocycles. The normalized spacial score (nSPS) is 14.0. The Morgan fingerprint density at radius 3 is 1.94 bits per heavy atom. The molecule has 0 unspecified atom stereocenters. The maximum atomic E-state index is 6.81. The van der Waals surface area contributed by atoms with Gasteiger partial charge in [-0.05, 0) is 53.9 Å². The lowest BCUT2D eigenvalue weighted by Crippen LogP contribution is -2.34. The van der Waals surface area contributed by atoms with E-state index in [2.05, 4.69) is 76.6 Å². The summed E-state index contributed by atoms with van der Waals surface area (Å²) in [4.78, 5) is 0. The van der Waals surface area contributed by atoms with Crippen molar-refractivity contribution in [2.45, 2.75) is 5.60 Å². The smallest absolute Gasteiger partial charge is 0.178 e. The summed E-state index contributed by atoms with van der Waals surface area (Å²) < 4.78 is 18.6. The van der Waals surface area contributed by atoms with Crippen LogP contribution in [-0.4, -0.2) is 14.2 Å². The van der Waals surface area contributed by atoms with Crippen molar-refractivity contribution < 1.29 is 14.2 Å². The van der Waals surface area contributed by atoms with Crippen molar-refractivity contribution in [3.8, 4) is 17.2 Å². The molecule has 1 aliphatic heterocycles. The minimum absolute atomic E-state index is 0.763. The van der Waals surface area contributed by atoms with Gasteiger partial charge in [-0.3, -0.25) is 0 Å². The van der Waals surface area contributed by atoms with E-state index in [1.54, 1.807) is 14.2 Å². The van der Waals surface area contributed by atoms with Crippen molar-refractivity contribution >= 4 is 32.8 Å². The Kier molecular flexibility index (Phi) is 4.95. The lowest BCUT2D eigenvalue weighted by atomic mass is 9.83. The van der Waals surface area contributed by atoms with E-state index in [1.807, 2.05) is 30.3 Å². The quantitative estimate of drug-likeness (QED) is 0.321. The monoisotopic (exact) mass is 472 g/mol. The van der Waals surface area contributed by atoms with Crippen LogP contribution in [-0.2, 0) is 5.60 Å². The largest absolute Gasteiger partial charge is 0.497 e. The third-order valence-corrected chi connectivity index (χ3v) is 6.45. The molecule has 0 atom stereocenters. The van der Waals surface area contributed by atoms with Gasteiger partial charge in [0.05, 0.1) is 14.2 Å². The SMILES string of the molecule is COc1ccc(C2(c3ccc(OC)cc3)C=Cc3c(ccc4cccc(Br)c34)O2)cc1. The van der Waals surface area contributed by atoms with Crippen molar-refractivity contribution in [1.82, 2.24) is 0 Å². The Balaban J connectivity index is 1.71. The molecule has 3 nitrogen and oxygen atoms in total. The zero-order valence-corrected chi connectivity index (χ0v) is 18.8. The van der Waals surface area contributed by atoms with Crippen LogP contribution in [0.5, 0.6) is 17.2 Å². The van der Waals surface area contributed by atoms with Crippen molar-refractivity contribution in [3.63, 3.8) is 0 Å². The third-order valence-electron chi connectivity index (χ3n) is 5.79. The van der Waals surface area contributed by atoms with E-state index < -0.39 is 5.60 Å². The molecule has 0 spiro atoms. The lowest BCUT2D eigenvalue weighted by molar-refractivity contribution is 0.161. The van der Waals surface area contributed by atoms with Gasteiger partial charge in [-0.25, -0.2) is 0 Å². The van der Waals surface area contributed by atoms with Gasteiger partial charge in [0.1, 0.15) is 17.2 Å². The molecule has 1 aliphatic rings. The average Bonchev–Trinajstić information content (AvgIpc) is 2.83. The standard InChI is InChI=1S/C27H21BrO3/c1-29-21-11-7-19(8-12-21)27(20-9-13-22(30-2)14-10-20)17-16-23-25(31-27)15-6-18-4-3-5-24(28)26(18)23/h3-17H,1-2H3. The van der Waals surface area contributed by atoms with Crippen LogP contribution in [0.25, 0.3) is 16.8 Å². The van der Waals surface area contributed by atoms with E-state index in [0.29, 0.717) is 0 Å². The van der Waals surface area contributed by atoms with Crippen LogP contribution in [0.15, 0.2) is 89.4 Å². The van der Waals surface area contributed by atoms with E-state index in [-0.39, 0.29) is 0 Å². The van der Waals surface area contributed by atoms with Crippen LogP contribution in [0, 0.1) is 0 Å². The molecule has 0 aromatic heterocycles. The summed E-state index contributed by atoms with van der Waals surface area (Å²) in [6.07, 6.45) is 4.30. The molecule has 0 fully saturated rings. The second-order valence-corrected chi connectivity index (χ2v) is 8.30. The average molecular weight is 473 g/mol. The van der Waals surface area contributed by atoms with Gasteiger partial charge >= 0.3 is 0 Å². The molecule has 0 N–H and O–H groups in total. The summed E-state index contributed by atoms with van der Waals surface area (Å²) in [7, 11) is 3.34. The molecule has 0 amide bonds. The molecule has 31 heavy (non-hydrogen) atoms. The summed E-state index contributed by atoms with van der Waals surface area (Å²) in [5.41, 5.74) is 2.35. The molecule has 4 aromatic rings. The van der Waals surface area contributed by atoms with E-state index in [9.17, 15) is 0 Å². The predicted molar refractivity (Wildman–Crippen MR) is 128 cm³/mol. The molecule has 0 saturated carbocycles. The summed E-state index contributed by atoms with van der Waals surface area (Å²) in [6, 6.07) is 26.4. The van der Waals surface area contributed by atoms with Gasteiger partial charge < -0.3 is 14.2 Å². The van der Waals surface area contributed by atoms with Crippen molar-refractivity contribution in [3.05, 3.63) is 106 Å². The van der Waals surface area contributed by atoms with Crippen LogP contribution >= 0.6 is 15.9 Å². The number of hydrogen-bond donors (Lipinski definition) is 0. The van der Waals surface area contributed by atoms with Gasteiger partial charge in [-0.1, -0.05) is 58.4 Å². The Hall–Kier alpha value is -3.24. The maximum absolute atomic E-state index is 6.81. The van der Waals surface area contributed by atoms with Crippen molar-refractivity contribution in [2.75, 3.05) is 14.2 Å². The van der Waals surface area contributed by atoms with Gasteiger partial charge in [0.25, 0.3) is 0 Å². The van der Waals surface area contributed by atoms with E-state index >= 15 is 0 Å². The number of fused-ring (bicyclic) bond motifs is 3. The van der Waals surface area contributed by atoms with E-state index in [4.69, 9.17) is 14.2 Å². The molecular weight excluding hydrogens is 452 g/mol. The second kappa shape index (κ2) is 7.78. The summed E-state index contributed by atoms with van der Waals surface area (Å²) >= 11 is 3.71. The number of methoxy groups -OCH3 is 2. The van der Waals surface area contributed by atoms with Crippen LogP contribution in [0.1, 0.15) is 16.7 Å². The second-order valence-electron chi connectivity index (χ2n) is 7.44. The Morgan fingerprint density at radius 1 is 0.742 bits per heavy atom. The van der Waals surface area contributed by atoms with Gasteiger partial charge in [-0.2, -0.15) is 0 Å². The molecular formula is C27H21BrO3. The fraction of sp³-hybridized carbons (Fsp3) is 0.111. The first kappa shape index (κ1) is 19.7. The first-order valence-electron chi connectivity index (χ1n) is 10.0. The van der Waals surface area contributed by atoms with Gasteiger partial charge in [-0.15, -0.1) is 0 Å². The highest BCUT2D eigenvalue weighted by Gasteiger charge is 2.37. The van der Waals surface area contributed by atoms with Gasteiger partial charge in [0, 0.05) is 26.5 Å². The van der Waals surface area contributed by atoms with Crippen LogP contribution in [0.2, 0.25) is 0 Å². The van der Waals surface area contributed by atoms with E-state index in [0.717, 1.165) is 43.8 Å². The van der Waals surface area contributed by atoms with Crippen LogP contribution in [0.3, 0.4) is 0 Å². The number of hydrogen-bond acceptors (Lipinski definition) is 3. The molecule has 154 valence electrons. The number of halogens is 1. The number of rotatable bonds is 4. The zero-order chi connectivity index (χ0) is 21.4. The summed E-state index contributed by atoms with van der Waals surface area (Å²) in [5, 5.41) is 2.32. The van der Waals surface area contributed by atoms with Crippen molar-refractivity contribution in [1.29, 1.82) is 0 Å². The van der Waals surface area contributed by atoms with Crippen LogP contribution in [0.4, 0.5) is 0 Å². The third kappa shape index (κ3) is 3.28. The zero-order valence-electron chi connectivity index (χ0n) is 17.3. The lowest BCUT2D eigenvalue weighted by Gasteiger charge is -2.36. The minimum Gasteiger partial charge on any atom is -0.497 e. The number of benzene rings is 4. The first-order valence-corrected chi connectivity index (χ1v) is 10.8. The Labute approximate surface area is 190 Å². The Morgan fingerprint density at radius 2 is 1.35 bits per heavy atom. The van der Waals surface area contributed by atoms with Crippen molar-refractivity contribution in [2.24, 2.45) is 0 Å². The minimum atomic E-state index is -0.763. The first-order chi connectivity index (χ1) is 15.1. The van der Waals surface area contributed by atoms with E-state index in [1.165, 1.54) is 5.39 Å². The molecule has 4 aromatic carbocycles. The molecule has 1 heterocycles. The Bertz CT molecular complexity index is 1230. The summed E-state index contributed by atoms with van der Waals surface area (Å²) in [5.74, 6) is 2.46. The van der Waals surface area contributed by atoms with Crippen LogP contribution < -0.4 is 14.2 Å². The highest BCUT2D eigenvalue weighted by atomic mass is 79.9. The predicted octanol–water partition coefficient (Wildman–Crippen LogP) is 6.97. The maximum Gasteiger partial charge on any atom is 0.178 e. The molecule has 4 heteroatoms. The molecule has 0 radical (unpaired) electrons. The summed E-state index contributed by atoms with van der Waals surface area (Å²) in [6.45, 7) is 0.